The van der Waals surface area contributed by atoms with Crippen molar-refractivity contribution in [3.63, 3.8) is 0 Å². The van der Waals surface area contributed by atoms with Crippen LogP contribution in [0.3, 0.4) is 0 Å². The molecule has 1 amide bonds. The zero-order valence-corrected chi connectivity index (χ0v) is 23.3. The molecule has 0 radical (unpaired) electrons. The second-order valence-electron chi connectivity index (χ2n) is 9.18. The van der Waals surface area contributed by atoms with Crippen LogP contribution in [0.2, 0.25) is 15.1 Å². The molecule has 2 unspecified atom stereocenters. The van der Waals surface area contributed by atoms with Crippen molar-refractivity contribution in [2.45, 2.75) is 36.9 Å². The maximum Gasteiger partial charge on any atom is 0.258 e. The Morgan fingerprint density at radius 3 is 2.46 bits per heavy atom. The molecule has 2 N–H and O–H groups in total. The zero-order chi connectivity index (χ0) is 27.9. The van der Waals surface area contributed by atoms with Crippen LogP contribution < -0.4 is 5.32 Å². The van der Waals surface area contributed by atoms with Crippen LogP contribution in [-0.2, 0) is 27.7 Å². The van der Waals surface area contributed by atoms with Gasteiger partial charge in [0, 0.05) is 38.8 Å². The number of anilines is 1. The molecule has 2 aromatic heterocycles. The van der Waals surface area contributed by atoms with Crippen molar-refractivity contribution in [1.29, 1.82) is 0 Å². The van der Waals surface area contributed by atoms with Gasteiger partial charge in [-0.1, -0.05) is 46.0 Å². The smallest absolute Gasteiger partial charge is 0.258 e. The van der Waals surface area contributed by atoms with Crippen LogP contribution in [0.4, 0.5) is 10.1 Å². The van der Waals surface area contributed by atoms with Crippen molar-refractivity contribution < 1.29 is 22.5 Å². The van der Waals surface area contributed by atoms with E-state index in [9.17, 15) is 17.9 Å². The number of aromatic nitrogens is 3. The van der Waals surface area contributed by atoms with Crippen molar-refractivity contribution in [2.75, 3.05) is 5.32 Å². The fourth-order valence-electron chi connectivity index (χ4n) is 4.24. The molecule has 8 nitrogen and oxygen atoms in total. The lowest BCUT2D eigenvalue weighted by Gasteiger charge is -2.17. The summed E-state index contributed by atoms with van der Waals surface area (Å²) in [6.45, 7) is 1.61. The second kappa shape index (κ2) is 10.9. The van der Waals surface area contributed by atoms with Gasteiger partial charge in [-0.05, 0) is 61.7 Å². The Labute approximate surface area is 240 Å². The van der Waals surface area contributed by atoms with Crippen molar-refractivity contribution in [3.05, 3.63) is 92.2 Å². The van der Waals surface area contributed by atoms with Crippen molar-refractivity contribution in [3.8, 4) is 11.5 Å². The highest BCUT2D eigenvalue weighted by atomic mass is 35.5. The van der Waals surface area contributed by atoms with E-state index in [1.807, 2.05) is 0 Å². The highest BCUT2D eigenvalue weighted by molar-refractivity contribution is 7.79. The Hall–Kier alpha value is -2.89. The van der Waals surface area contributed by atoms with Crippen LogP contribution in [-0.4, -0.2) is 29.8 Å². The molecule has 13 heteroatoms. The summed E-state index contributed by atoms with van der Waals surface area (Å²) < 4.78 is 39.4. The van der Waals surface area contributed by atoms with Gasteiger partial charge in [-0.15, -0.1) is 0 Å². The fraction of sp³-hybridized carbons (Fsp3) is 0.231. The van der Waals surface area contributed by atoms with Gasteiger partial charge >= 0.3 is 0 Å². The number of pyridine rings is 1. The van der Waals surface area contributed by atoms with Crippen LogP contribution in [0, 0.1) is 5.82 Å². The second-order valence-corrected chi connectivity index (χ2v) is 11.7. The van der Waals surface area contributed by atoms with Gasteiger partial charge in [-0.25, -0.2) is 8.60 Å². The SMILES string of the molecule is CC(c1ccc(CC(=O)Nc2cc(Cl)c(C3(c4noc(-c5ccc(F)c(Cl)c5)n4)CC3)c(Cl)c2)nc1)S(=O)O. The number of nitrogens with one attached hydrogen (secondary N) is 1. The van der Waals surface area contributed by atoms with Crippen molar-refractivity contribution in [2.24, 2.45) is 0 Å². The average molecular weight is 610 g/mol. The number of carbonyl (C=O) groups is 1. The molecule has 5 rings (SSSR count). The minimum Gasteiger partial charge on any atom is -0.334 e. The van der Waals surface area contributed by atoms with Crippen LogP contribution in [0.15, 0.2) is 53.2 Å². The van der Waals surface area contributed by atoms with Gasteiger partial charge in [0.1, 0.15) is 5.82 Å². The number of benzene rings is 2. The highest BCUT2D eigenvalue weighted by Gasteiger charge is 2.52. The number of nitrogens with zero attached hydrogens (tertiary/aromatic N) is 3. The Morgan fingerprint density at radius 1 is 1.15 bits per heavy atom. The van der Waals surface area contributed by atoms with Crippen molar-refractivity contribution >= 4 is 57.5 Å². The lowest BCUT2D eigenvalue weighted by molar-refractivity contribution is -0.115. The molecule has 2 aromatic carbocycles. The van der Waals surface area contributed by atoms with Gasteiger partial charge in [0.05, 0.1) is 22.1 Å². The fourth-order valence-corrected chi connectivity index (χ4v) is 5.65. The molecular weight excluding hydrogens is 590 g/mol. The maximum atomic E-state index is 13.5. The predicted octanol–water partition coefficient (Wildman–Crippen LogP) is 6.77. The molecule has 0 aliphatic heterocycles. The number of hydrogen-bond donors (Lipinski definition) is 2. The van der Waals surface area contributed by atoms with Crippen LogP contribution in [0.25, 0.3) is 11.5 Å². The monoisotopic (exact) mass is 608 g/mol. The number of hydrogen-bond acceptors (Lipinski definition) is 6. The molecule has 39 heavy (non-hydrogen) atoms. The third-order valence-corrected chi connectivity index (χ3v) is 8.30. The van der Waals surface area contributed by atoms with E-state index in [0.717, 1.165) is 0 Å². The van der Waals surface area contributed by atoms with E-state index in [1.54, 1.807) is 31.2 Å². The van der Waals surface area contributed by atoms with Crippen LogP contribution in [0.5, 0.6) is 0 Å². The molecule has 1 fully saturated rings. The van der Waals surface area contributed by atoms with E-state index in [4.69, 9.17) is 39.3 Å². The number of rotatable bonds is 8. The number of amides is 1. The van der Waals surface area contributed by atoms with E-state index in [1.165, 1.54) is 24.4 Å². The molecule has 2 atom stereocenters. The van der Waals surface area contributed by atoms with Crippen molar-refractivity contribution in [1.82, 2.24) is 15.1 Å². The molecule has 4 aromatic rings. The molecule has 202 valence electrons. The molecule has 0 bridgehead atoms. The normalized spacial score (nSPS) is 15.5. The first-order valence-electron chi connectivity index (χ1n) is 11.7. The first kappa shape index (κ1) is 27.7. The van der Waals surface area contributed by atoms with E-state index < -0.39 is 27.6 Å². The van der Waals surface area contributed by atoms with E-state index in [-0.39, 0.29) is 23.2 Å². The Morgan fingerprint density at radius 2 is 1.87 bits per heavy atom. The topological polar surface area (TPSA) is 118 Å². The average Bonchev–Trinajstić information content (AvgIpc) is 3.51. The van der Waals surface area contributed by atoms with E-state index >= 15 is 0 Å². The zero-order valence-electron chi connectivity index (χ0n) is 20.3. The van der Waals surface area contributed by atoms with Crippen LogP contribution in [0.1, 0.15) is 47.7 Å². The molecule has 1 aliphatic rings. The van der Waals surface area contributed by atoms with Gasteiger partial charge < -0.3 is 14.4 Å². The molecule has 2 heterocycles. The maximum absolute atomic E-state index is 13.5. The first-order chi connectivity index (χ1) is 18.6. The Balaban J connectivity index is 1.31. The number of halogens is 4. The summed E-state index contributed by atoms with van der Waals surface area (Å²) in [6, 6.07) is 10.6. The third kappa shape index (κ3) is 5.71. The summed E-state index contributed by atoms with van der Waals surface area (Å²) in [7, 11) is 0. The Bertz CT molecular complexity index is 1570. The lowest BCUT2D eigenvalue weighted by Crippen LogP contribution is -2.17. The predicted molar refractivity (Wildman–Crippen MR) is 147 cm³/mol. The summed E-state index contributed by atoms with van der Waals surface area (Å²) in [5.41, 5.74) is 1.95. The first-order valence-corrected chi connectivity index (χ1v) is 14.0. The molecule has 1 aliphatic carbocycles. The van der Waals surface area contributed by atoms with Gasteiger partial charge in [0.15, 0.2) is 16.9 Å². The standard InChI is InChI=1S/C26H20Cl3FN4O4S/c1-13(39(36)37)15-2-4-16(31-12-15)11-22(35)32-17-9-19(28)23(20(29)10-17)26(6-7-26)25-33-24(38-34-25)14-3-5-21(30)18(27)8-14/h2-5,8-10,12-13H,6-7,11H2,1H3,(H,32,35)(H,36,37). The van der Waals surface area contributed by atoms with E-state index in [0.29, 0.717) is 56.8 Å². The lowest BCUT2D eigenvalue weighted by atomic mass is 9.94. The van der Waals surface area contributed by atoms with Gasteiger partial charge in [0.25, 0.3) is 5.89 Å². The van der Waals surface area contributed by atoms with Gasteiger partial charge in [0.2, 0.25) is 5.91 Å². The summed E-state index contributed by atoms with van der Waals surface area (Å²) in [5.74, 6) is -0.302. The molecular formula is C26H20Cl3FN4O4S. The minimum atomic E-state index is -2.01. The molecule has 0 spiro atoms. The quantitative estimate of drug-likeness (QED) is 0.212. The summed E-state index contributed by atoms with van der Waals surface area (Å²) in [4.78, 5) is 21.4. The molecule has 1 saturated carbocycles. The molecule has 0 saturated heterocycles. The van der Waals surface area contributed by atoms with Gasteiger partial charge in [-0.3, -0.25) is 9.78 Å². The summed E-state index contributed by atoms with van der Waals surface area (Å²) in [6.07, 6.45) is 2.83. The van der Waals surface area contributed by atoms with Crippen LogP contribution >= 0.6 is 34.8 Å². The third-order valence-electron chi connectivity index (χ3n) is 6.54. The summed E-state index contributed by atoms with van der Waals surface area (Å²) in [5, 5.41) is 6.93. The van der Waals surface area contributed by atoms with E-state index in [2.05, 4.69) is 20.4 Å². The minimum absolute atomic E-state index is 0.0170. The summed E-state index contributed by atoms with van der Waals surface area (Å²) >= 11 is 17.2. The largest absolute Gasteiger partial charge is 0.334 e. The highest BCUT2D eigenvalue weighted by Crippen LogP contribution is 2.57. The van der Waals surface area contributed by atoms with Gasteiger partial charge in [-0.2, -0.15) is 4.98 Å². The number of carbonyl (C=O) groups excluding carboxylic acids is 1. The Kier molecular flexibility index (Phi) is 7.76.